The number of rotatable bonds is 1. The van der Waals surface area contributed by atoms with Gasteiger partial charge in [0.05, 0.1) is 11.1 Å². The van der Waals surface area contributed by atoms with Gasteiger partial charge < -0.3 is 5.73 Å². The summed E-state index contributed by atoms with van der Waals surface area (Å²) < 4.78 is 1.80. The summed E-state index contributed by atoms with van der Waals surface area (Å²) in [6, 6.07) is 14.8. The van der Waals surface area contributed by atoms with Gasteiger partial charge in [0.2, 0.25) is 5.95 Å². The molecule has 19 heavy (non-hydrogen) atoms. The molecule has 3 rings (SSSR count). The van der Waals surface area contributed by atoms with Gasteiger partial charge in [0.25, 0.3) is 0 Å². The van der Waals surface area contributed by atoms with Gasteiger partial charge in [-0.1, -0.05) is 17.7 Å². The monoisotopic (exact) mass is 268 g/mol. The van der Waals surface area contributed by atoms with E-state index in [0.717, 1.165) is 11.2 Å². The van der Waals surface area contributed by atoms with Crippen LogP contribution in [-0.4, -0.2) is 9.55 Å². The van der Waals surface area contributed by atoms with Gasteiger partial charge in [0.15, 0.2) is 0 Å². The second kappa shape index (κ2) is 4.30. The first-order chi connectivity index (χ1) is 9.20. The van der Waals surface area contributed by atoms with Gasteiger partial charge in [-0.05, 0) is 36.4 Å². The number of anilines is 1. The van der Waals surface area contributed by atoms with E-state index in [0.29, 0.717) is 22.1 Å². The van der Waals surface area contributed by atoms with E-state index in [1.54, 1.807) is 22.8 Å². The van der Waals surface area contributed by atoms with Crippen molar-refractivity contribution in [3.05, 3.63) is 53.1 Å². The predicted octanol–water partition coefficient (Wildman–Crippen LogP) is 3.13. The topological polar surface area (TPSA) is 67.6 Å². The van der Waals surface area contributed by atoms with Crippen molar-refractivity contribution in [1.82, 2.24) is 9.55 Å². The number of nitriles is 1. The van der Waals surface area contributed by atoms with Crippen LogP contribution in [0, 0.1) is 11.3 Å². The van der Waals surface area contributed by atoms with Crippen LogP contribution in [0.25, 0.3) is 16.7 Å². The molecule has 1 aromatic heterocycles. The number of aromatic nitrogens is 2. The van der Waals surface area contributed by atoms with Gasteiger partial charge in [-0.2, -0.15) is 5.26 Å². The van der Waals surface area contributed by atoms with Crippen LogP contribution >= 0.6 is 11.6 Å². The third-order valence-electron chi connectivity index (χ3n) is 2.92. The van der Waals surface area contributed by atoms with Crippen LogP contribution < -0.4 is 5.73 Å². The summed E-state index contributed by atoms with van der Waals surface area (Å²) in [5.41, 5.74) is 8.74. The van der Waals surface area contributed by atoms with Crippen LogP contribution in [0.1, 0.15) is 5.56 Å². The standard InChI is InChI=1S/C14H9ClN4/c15-10-4-6-11(7-5-10)19-12-3-1-2-9(8-16)13(12)18-14(19)17/h1-7H,(H2,17,18). The van der Waals surface area contributed by atoms with Gasteiger partial charge in [-0.25, -0.2) is 4.98 Å². The van der Waals surface area contributed by atoms with Gasteiger partial charge in [0.1, 0.15) is 11.6 Å². The normalized spacial score (nSPS) is 10.5. The lowest BCUT2D eigenvalue weighted by atomic mass is 10.2. The Morgan fingerprint density at radius 2 is 1.89 bits per heavy atom. The third-order valence-corrected chi connectivity index (χ3v) is 3.17. The number of nitrogens with zero attached hydrogens (tertiary/aromatic N) is 3. The van der Waals surface area contributed by atoms with Crippen molar-refractivity contribution in [2.75, 3.05) is 5.73 Å². The maximum absolute atomic E-state index is 9.09. The number of fused-ring (bicyclic) bond motifs is 1. The van der Waals surface area contributed by atoms with Crippen LogP contribution in [0.5, 0.6) is 0 Å². The van der Waals surface area contributed by atoms with Gasteiger partial charge >= 0.3 is 0 Å². The van der Waals surface area contributed by atoms with Gasteiger partial charge in [-0.3, -0.25) is 4.57 Å². The molecule has 0 unspecified atom stereocenters. The van der Waals surface area contributed by atoms with E-state index in [1.165, 1.54) is 0 Å². The second-order valence-electron chi connectivity index (χ2n) is 4.07. The fourth-order valence-electron chi connectivity index (χ4n) is 2.07. The summed E-state index contributed by atoms with van der Waals surface area (Å²) in [6.45, 7) is 0. The molecule has 92 valence electrons. The van der Waals surface area contributed by atoms with E-state index in [-0.39, 0.29) is 0 Å². The lowest BCUT2D eigenvalue weighted by molar-refractivity contribution is 1.11. The summed E-state index contributed by atoms with van der Waals surface area (Å²) >= 11 is 5.88. The van der Waals surface area contributed by atoms with Crippen molar-refractivity contribution in [2.45, 2.75) is 0 Å². The zero-order valence-electron chi connectivity index (χ0n) is 9.84. The fraction of sp³-hybridized carbons (Fsp3) is 0. The van der Waals surface area contributed by atoms with Crippen molar-refractivity contribution in [1.29, 1.82) is 5.26 Å². The van der Waals surface area contributed by atoms with Crippen molar-refractivity contribution >= 4 is 28.6 Å². The quantitative estimate of drug-likeness (QED) is 0.737. The highest BCUT2D eigenvalue weighted by Gasteiger charge is 2.12. The van der Waals surface area contributed by atoms with Crippen molar-refractivity contribution < 1.29 is 0 Å². The second-order valence-corrected chi connectivity index (χ2v) is 4.50. The Hall–Kier alpha value is -2.51. The number of nitrogens with two attached hydrogens (primary N) is 1. The fourth-order valence-corrected chi connectivity index (χ4v) is 2.19. The number of hydrogen-bond donors (Lipinski definition) is 1. The summed E-state index contributed by atoms with van der Waals surface area (Å²) in [5.74, 6) is 0.347. The number of hydrogen-bond acceptors (Lipinski definition) is 3. The van der Waals surface area contributed by atoms with Crippen LogP contribution in [0.15, 0.2) is 42.5 Å². The van der Waals surface area contributed by atoms with Crippen LogP contribution in [0.3, 0.4) is 0 Å². The molecule has 4 nitrogen and oxygen atoms in total. The minimum atomic E-state index is 0.347. The molecule has 3 aromatic rings. The average molecular weight is 269 g/mol. The highest BCUT2D eigenvalue weighted by molar-refractivity contribution is 6.30. The van der Waals surface area contributed by atoms with E-state index < -0.39 is 0 Å². The van der Waals surface area contributed by atoms with E-state index in [4.69, 9.17) is 22.6 Å². The number of para-hydroxylation sites is 1. The lowest BCUT2D eigenvalue weighted by Crippen LogP contribution is -2.00. The molecule has 0 fully saturated rings. The molecule has 0 aliphatic heterocycles. The Balaban J connectivity index is 2.33. The third kappa shape index (κ3) is 1.81. The maximum Gasteiger partial charge on any atom is 0.205 e. The minimum Gasteiger partial charge on any atom is -0.369 e. The first kappa shape index (κ1) is 11.6. The Morgan fingerprint density at radius 1 is 1.16 bits per heavy atom. The number of imidazole rings is 1. The van der Waals surface area contributed by atoms with E-state index in [2.05, 4.69) is 11.1 Å². The van der Waals surface area contributed by atoms with E-state index in [9.17, 15) is 0 Å². The van der Waals surface area contributed by atoms with Crippen molar-refractivity contribution in [2.24, 2.45) is 0 Å². The molecule has 0 atom stereocenters. The van der Waals surface area contributed by atoms with Crippen molar-refractivity contribution in [3.8, 4) is 11.8 Å². The maximum atomic E-state index is 9.09. The first-order valence-electron chi connectivity index (χ1n) is 5.63. The molecule has 0 saturated heterocycles. The summed E-state index contributed by atoms with van der Waals surface area (Å²) in [6.07, 6.45) is 0. The van der Waals surface area contributed by atoms with Gasteiger partial charge in [-0.15, -0.1) is 0 Å². The lowest BCUT2D eigenvalue weighted by Gasteiger charge is -2.06. The summed E-state index contributed by atoms with van der Waals surface area (Å²) in [5, 5.41) is 9.74. The molecule has 0 bridgehead atoms. The predicted molar refractivity (Wildman–Crippen MR) is 75.2 cm³/mol. The molecule has 2 N–H and O–H groups in total. The summed E-state index contributed by atoms with van der Waals surface area (Å²) in [4.78, 5) is 4.27. The molecular weight excluding hydrogens is 260 g/mol. The molecule has 1 heterocycles. The molecule has 2 aromatic carbocycles. The molecular formula is C14H9ClN4. The minimum absolute atomic E-state index is 0.347. The Morgan fingerprint density at radius 3 is 2.58 bits per heavy atom. The number of nitrogen functional groups attached to an aromatic ring is 1. The zero-order chi connectivity index (χ0) is 13.4. The molecule has 0 radical (unpaired) electrons. The molecule has 0 spiro atoms. The molecule has 0 aliphatic rings. The van der Waals surface area contributed by atoms with E-state index in [1.807, 2.05) is 24.3 Å². The Bertz CT molecular complexity index is 797. The van der Waals surface area contributed by atoms with Crippen LogP contribution in [0.4, 0.5) is 5.95 Å². The van der Waals surface area contributed by atoms with Gasteiger partial charge in [0, 0.05) is 10.7 Å². The number of benzene rings is 2. The zero-order valence-corrected chi connectivity index (χ0v) is 10.6. The van der Waals surface area contributed by atoms with Crippen LogP contribution in [0.2, 0.25) is 5.02 Å². The van der Waals surface area contributed by atoms with Crippen LogP contribution in [-0.2, 0) is 0 Å². The first-order valence-corrected chi connectivity index (χ1v) is 6.01. The molecule has 0 amide bonds. The Labute approximate surface area is 114 Å². The average Bonchev–Trinajstić information content (AvgIpc) is 2.76. The SMILES string of the molecule is N#Cc1cccc2c1nc(N)n2-c1ccc(Cl)cc1. The molecule has 0 saturated carbocycles. The largest absolute Gasteiger partial charge is 0.369 e. The van der Waals surface area contributed by atoms with E-state index >= 15 is 0 Å². The highest BCUT2D eigenvalue weighted by Crippen LogP contribution is 2.25. The highest BCUT2D eigenvalue weighted by atomic mass is 35.5. The summed E-state index contributed by atoms with van der Waals surface area (Å²) in [7, 11) is 0. The number of halogens is 1. The molecule has 5 heteroatoms. The smallest absolute Gasteiger partial charge is 0.205 e. The van der Waals surface area contributed by atoms with Crippen molar-refractivity contribution in [3.63, 3.8) is 0 Å². The Kier molecular flexibility index (Phi) is 2.62. The molecule has 0 aliphatic carbocycles.